The third-order valence-corrected chi connectivity index (χ3v) is 5.88. The predicted molar refractivity (Wildman–Crippen MR) is 70.2 cm³/mol. The summed E-state index contributed by atoms with van der Waals surface area (Å²) < 4.78 is 0. The summed E-state index contributed by atoms with van der Waals surface area (Å²) in [5.74, 6) is 2.69. The zero-order valence-electron chi connectivity index (χ0n) is 11.4. The largest absolute Gasteiger partial charge is 0.347 e. The van der Waals surface area contributed by atoms with Gasteiger partial charge in [0.15, 0.2) is 0 Å². The number of rotatable bonds is 1. The van der Waals surface area contributed by atoms with Gasteiger partial charge in [0, 0.05) is 18.5 Å². The smallest absolute Gasteiger partial charge is 0.242 e. The molecule has 19 heavy (non-hydrogen) atoms. The van der Waals surface area contributed by atoms with E-state index in [0.717, 1.165) is 17.8 Å². The summed E-state index contributed by atoms with van der Waals surface area (Å²) in [6, 6.07) is 0. The van der Waals surface area contributed by atoms with E-state index in [4.69, 9.17) is 0 Å². The lowest BCUT2D eigenvalue weighted by atomic mass is 9.52. The van der Waals surface area contributed by atoms with Gasteiger partial charge in [-0.1, -0.05) is 0 Å². The van der Waals surface area contributed by atoms with Crippen LogP contribution in [0.1, 0.15) is 44.9 Å². The van der Waals surface area contributed by atoms with Crippen LogP contribution in [0, 0.1) is 17.8 Å². The van der Waals surface area contributed by atoms with Gasteiger partial charge >= 0.3 is 0 Å². The van der Waals surface area contributed by atoms with Crippen LogP contribution in [0.15, 0.2) is 0 Å². The van der Waals surface area contributed by atoms with Gasteiger partial charge in [0.05, 0.1) is 6.54 Å². The molecule has 2 amide bonds. The highest BCUT2D eigenvalue weighted by Crippen LogP contribution is 2.57. The predicted octanol–water partition coefficient (Wildman–Crippen LogP) is 1.30. The quantitative estimate of drug-likeness (QED) is 0.774. The molecular weight excluding hydrogens is 240 g/mol. The second kappa shape index (κ2) is 3.97. The summed E-state index contributed by atoms with van der Waals surface area (Å²) in [5, 5.41) is 2.73. The van der Waals surface area contributed by atoms with Crippen LogP contribution in [0.25, 0.3) is 0 Å². The molecule has 0 atom stereocenters. The van der Waals surface area contributed by atoms with Crippen LogP contribution in [-0.2, 0) is 9.59 Å². The molecular formula is C15H22N2O2. The van der Waals surface area contributed by atoms with E-state index in [2.05, 4.69) is 10.2 Å². The standard InChI is InChI=1S/C15H22N2O2/c18-13-1-2-17(14(19)9-16-13)15-6-10-3-11(7-15)5-12(4-10)8-15/h10-12H,1-9H2,(H,16,18). The fraction of sp³-hybridized carbons (Fsp3) is 0.867. The van der Waals surface area contributed by atoms with Crippen LogP contribution < -0.4 is 5.32 Å². The Kier molecular flexibility index (Phi) is 2.45. The van der Waals surface area contributed by atoms with Gasteiger partial charge < -0.3 is 10.2 Å². The molecule has 5 aliphatic rings. The van der Waals surface area contributed by atoms with Crippen LogP contribution in [0.4, 0.5) is 0 Å². The monoisotopic (exact) mass is 262 g/mol. The topological polar surface area (TPSA) is 49.4 Å². The number of nitrogens with zero attached hydrogens (tertiary/aromatic N) is 1. The van der Waals surface area contributed by atoms with Crippen molar-refractivity contribution in [1.29, 1.82) is 0 Å². The number of carbonyl (C=O) groups is 2. The summed E-state index contributed by atoms with van der Waals surface area (Å²) in [7, 11) is 0. The highest BCUT2D eigenvalue weighted by Gasteiger charge is 2.54. The Morgan fingerprint density at radius 2 is 1.58 bits per heavy atom. The molecule has 0 aromatic heterocycles. The molecule has 4 aliphatic carbocycles. The molecule has 1 N–H and O–H groups in total. The summed E-state index contributed by atoms with van der Waals surface area (Å²) in [4.78, 5) is 26.0. The van der Waals surface area contributed by atoms with Gasteiger partial charge in [-0.25, -0.2) is 0 Å². The minimum atomic E-state index is 0.0283. The lowest BCUT2D eigenvalue weighted by Crippen LogP contribution is -2.62. The molecule has 4 saturated carbocycles. The van der Waals surface area contributed by atoms with Crippen molar-refractivity contribution in [3.05, 3.63) is 0 Å². The van der Waals surface area contributed by atoms with Crippen LogP contribution in [0.2, 0.25) is 0 Å². The van der Waals surface area contributed by atoms with Gasteiger partial charge in [-0.05, 0) is 56.3 Å². The number of nitrogens with one attached hydrogen (secondary N) is 1. The average Bonchev–Trinajstić information content (AvgIpc) is 2.50. The molecule has 5 rings (SSSR count). The molecule has 5 fully saturated rings. The van der Waals surface area contributed by atoms with E-state index in [1.807, 2.05) is 0 Å². The molecule has 104 valence electrons. The molecule has 0 spiro atoms. The first-order chi connectivity index (χ1) is 9.14. The van der Waals surface area contributed by atoms with Crippen LogP contribution >= 0.6 is 0 Å². The number of hydrogen-bond acceptors (Lipinski definition) is 2. The van der Waals surface area contributed by atoms with E-state index in [0.29, 0.717) is 13.0 Å². The van der Waals surface area contributed by atoms with E-state index < -0.39 is 0 Å². The molecule has 1 aliphatic heterocycles. The Labute approximate surface area is 113 Å². The minimum Gasteiger partial charge on any atom is -0.347 e. The van der Waals surface area contributed by atoms with Crippen molar-refractivity contribution in [3.8, 4) is 0 Å². The second-order valence-corrected chi connectivity index (χ2v) is 7.21. The molecule has 4 nitrogen and oxygen atoms in total. The molecule has 1 saturated heterocycles. The van der Waals surface area contributed by atoms with Gasteiger partial charge in [0.25, 0.3) is 0 Å². The van der Waals surface area contributed by atoms with Crippen LogP contribution in [0.3, 0.4) is 0 Å². The summed E-state index contributed by atoms with van der Waals surface area (Å²) >= 11 is 0. The lowest BCUT2D eigenvalue weighted by molar-refractivity contribution is -0.148. The van der Waals surface area contributed by atoms with E-state index >= 15 is 0 Å². The fourth-order valence-electron chi connectivity index (χ4n) is 5.59. The van der Waals surface area contributed by atoms with E-state index in [9.17, 15) is 9.59 Å². The number of hydrogen-bond donors (Lipinski definition) is 1. The maximum absolute atomic E-state index is 12.4. The van der Waals surface area contributed by atoms with Gasteiger partial charge in [-0.3, -0.25) is 9.59 Å². The molecule has 4 bridgehead atoms. The zero-order chi connectivity index (χ0) is 13.0. The molecule has 4 heteroatoms. The Balaban J connectivity index is 1.63. The first-order valence-electron chi connectivity index (χ1n) is 7.72. The van der Waals surface area contributed by atoms with Gasteiger partial charge in [0.1, 0.15) is 0 Å². The van der Waals surface area contributed by atoms with Gasteiger partial charge in [-0.15, -0.1) is 0 Å². The Morgan fingerprint density at radius 1 is 1.00 bits per heavy atom. The summed E-state index contributed by atoms with van der Waals surface area (Å²) in [6.07, 6.45) is 8.22. The van der Waals surface area contributed by atoms with Crippen molar-refractivity contribution in [2.24, 2.45) is 17.8 Å². The fourth-order valence-corrected chi connectivity index (χ4v) is 5.59. The Morgan fingerprint density at radius 3 is 2.16 bits per heavy atom. The molecule has 1 heterocycles. The van der Waals surface area contributed by atoms with Gasteiger partial charge in [-0.2, -0.15) is 0 Å². The maximum atomic E-state index is 12.4. The van der Waals surface area contributed by atoms with Crippen molar-refractivity contribution < 1.29 is 9.59 Å². The average molecular weight is 262 g/mol. The summed E-state index contributed by atoms with van der Waals surface area (Å²) in [5.41, 5.74) is 0.109. The van der Waals surface area contributed by atoms with Crippen molar-refractivity contribution >= 4 is 11.8 Å². The molecule has 0 aromatic carbocycles. The van der Waals surface area contributed by atoms with Crippen LogP contribution in [0.5, 0.6) is 0 Å². The zero-order valence-corrected chi connectivity index (χ0v) is 11.4. The maximum Gasteiger partial charge on any atom is 0.242 e. The van der Waals surface area contributed by atoms with Crippen molar-refractivity contribution in [1.82, 2.24) is 10.2 Å². The van der Waals surface area contributed by atoms with E-state index in [-0.39, 0.29) is 23.9 Å². The van der Waals surface area contributed by atoms with Crippen molar-refractivity contribution in [2.45, 2.75) is 50.5 Å². The van der Waals surface area contributed by atoms with Gasteiger partial charge in [0.2, 0.25) is 11.8 Å². The second-order valence-electron chi connectivity index (χ2n) is 7.21. The minimum absolute atomic E-state index is 0.0283. The lowest BCUT2D eigenvalue weighted by Gasteiger charge is -2.60. The normalized spacial score (nSPS) is 45.3. The number of amides is 2. The molecule has 0 radical (unpaired) electrons. The van der Waals surface area contributed by atoms with Crippen LogP contribution in [-0.4, -0.2) is 35.3 Å². The Bertz CT molecular complexity index is 397. The highest BCUT2D eigenvalue weighted by molar-refractivity contribution is 5.87. The first kappa shape index (κ1) is 11.7. The first-order valence-corrected chi connectivity index (χ1v) is 7.72. The van der Waals surface area contributed by atoms with Crippen molar-refractivity contribution in [3.63, 3.8) is 0 Å². The molecule has 0 aromatic rings. The third-order valence-electron chi connectivity index (χ3n) is 5.88. The van der Waals surface area contributed by atoms with Crippen molar-refractivity contribution in [2.75, 3.05) is 13.1 Å². The number of carbonyl (C=O) groups excluding carboxylic acids is 2. The highest BCUT2D eigenvalue weighted by atomic mass is 16.2. The third kappa shape index (κ3) is 1.79. The molecule has 0 unspecified atom stereocenters. The Hall–Kier alpha value is -1.06. The van der Waals surface area contributed by atoms with E-state index in [1.54, 1.807) is 0 Å². The summed E-state index contributed by atoms with van der Waals surface area (Å²) in [6.45, 7) is 0.845. The van der Waals surface area contributed by atoms with E-state index in [1.165, 1.54) is 38.5 Å². The SMILES string of the molecule is O=C1CCN(C23CC4CC(CC(C4)C2)C3)C(=O)CN1.